The highest BCUT2D eigenvalue weighted by Crippen LogP contribution is 2.42. The molecule has 1 amide bonds. The van der Waals surface area contributed by atoms with Gasteiger partial charge in [0.2, 0.25) is 11.7 Å². The molecular formula is C25H22F3N5O2S. The van der Waals surface area contributed by atoms with Gasteiger partial charge in [-0.2, -0.15) is 13.2 Å². The summed E-state index contributed by atoms with van der Waals surface area (Å²) in [4.78, 5) is 30.9. The smallest absolute Gasteiger partial charge is 0.325 e. The number of amides is 1. The molecule has 36 heavy (non-hydrogen) atoms. The maximum Gasteiger partial charge on any atom is 0.416 e. The van der Waals surface area contributed by atoms with Gasteiger partial charge in [0.1, 0.15) is 0 Å². The SMILES string of the molecule is CC[C@@]1(C)Cc2ccccc2-c2nc3[nH]nc(SCC(=O)Nc4cccc(C(F)(F)F)c4)n3c(=O)c21. The van der Waals surface area contributed by atoms with Crippen LogP contribution in [0.25, 0.3) is 17.0 Å². The van der Waals surface area contributed by atoms with E-state index in [4.69, 9.17) is 4.98 Å². The standard InChI is InChI=1S/C25H22F3N5O2S/c1-3-24(2)12-14-7-4-5-10-17(14)20-19(24)21(35)33-22(30-20)31-32-23(33)36-13-18(34)29-16-9-6-8-15(11-16)25(26,27)28/h4-11H,3,12-13H2,1-2H3,(H,29,34)(H,30,31)/t24-/m0/s1. The molecule has 0 aliphatic heterocycles. The summed E-state index contributed by atoms with van der Waals surface area (Å²) in [7, 11) is 0. The molecule has 1 aliphatic rings. The number of alkyl halides is 3. The number of anilines is 1. The van der Waals surface area contributed by atoms with Gasteiger partial charge in [-0.15, -0.1) is 5.10 Å². The van der Waals surface area contributed by atoms with E-state index in [0.29, 0.717) is 17.7 Å². The number of rotatable bonds is 5. The number of hydrogen-bond acceptors (Lipinski definition) is 5. The van der Waals surface area contributed by atoms with Gasteiger partial charge in [0.05, 0.1) is 22.6 Å². The van der Waals surface area contributed by atoms with E-state index in [9.17, 15) is 22.8 Å². The third-order valence-electron chi connectivity index (χ3n) is 6.57. The van der Waals surface area contributed by atoms with Crippen LogP contribution in [0, 0.1) is 0 Å². The maximum absolute atomic E-state index is 13.7. The van der Waals surface area contributed by atoms with Crippen molar-refractivity contribution in [1.82, 2.24) is 19.6 Å². The van der Waals surface area contributed by atoms with Crippen LogP contribution in [0.5, 0.6) is 0 Å². The zero-order valence-electron chi connectivity index (χ0n) is 19.4. The average molecular weight is 514 g/mol. The molecule has 2 heterocycles. The van der Waals surface area contributed by atoms with E-state index in [0.717, 1.165) is 41.4 Å². The van der Waals surface area contributed by atoms with Crippen LogP contribution in [0.4, 0.5) is 18.9 Å². The summed E-state index contributed by atoms with van der Waals surface area (Å²) in [5, 5.41) is 9.68. The Morgan fingerprint density at radius 2 is 2.00 bits per heavy atom. The average Bonchev–Trinajstić information content (AvgIpc) is 3.26. The lowest BCUT2D eigenvalue weighted by Crippen LogP contribution is -2.37. The zero-order chi connectivity index (χ0) is 25.7. The largest absolute Gasteiger partial charge is 0.416 e. The van der Waals surface area contributed by atoms with Crippen LogP contribution in [0.1, 0.15) is 37.0 Å². The molecule has 2 N–H and O–H groups in total. The van der Waals surface area contributed by atoms with E-state index >= 15 is 0 Å². The normalized spacial score (nSPS) is 17.0. The first-order valence-corrected chi connectivity index (χ1v) is 12.3. The summed E-state index contributed by atoms with van der Waals surface area (Å²) in [5.41, 5.74) is 1.81. The van der Waals surface area contributed by atoms with Crippen LogP contribution in [0.2, 0.25) is 0 Å². The lowest BCUT2D eigenvalue weighted by molar-refractivity contribution is -0.137. The summed E-state index contributed by atoms with van der Waals surface area (Å²) in [6, 6.07) is 12.3. The van der Waals surface area contributed by atoms with E-state index in [2.05, 4.69) is 15.5 Å². The first-order chi connectivity index (χ1) is 17.1. The minimum Gasteiger partial charge on any atom is -0.325 e. The highest BCUT2D eigenvalue weighted by Gasteiger charge is 2.38. The monoisotopic (exact) mass is 513 g/mol. The fraction of sp³-hybridized carbons (Fsp3) is 0.280. The number of nitrogens with zero attached hydrogens (tertiary/aromatic N) is 3. The number of carbonyl (C=O) groups is 1. The number of hydrogen-bond donors (Lipinski definition) is 2. The molecule has 7 nitrogen and oxygen atoms in total. The van der Waals surface area contributed by atoms with Crippen LogP contribution in [-0.2, 0) is 22.8 Å². The molecule has 1 atom stereocenters. The van der Waals surface area contributed by atoms with E-state index in [1.165, 1.54) is 16.5 Å². The van der Waals surface area contributed by atoms with Crippen molar-refractivity contribution in [1.29, 1.82) is 0 Å². The highest BCUT2D eigenvalue weighted by molar-refractivity contribution is 7.99. The summed E-state index contributed by atoms with van der Waals surface area (Å²) in [6.07, 6.45) is -3.07. The lowest BCUT2D eigenvalue weighted by Gasteiger charge is -2.34. The van der Waals surface area contributed by atoms with Crippen molar-refractivity contribution in [2.45, 2.75) is 43.4 Å². The van der Waals surface area contributed by atoms with Crippen LogP contribution >= 0.6 is 11.8 Å². The van der Waals surface area contributed by atoms with Crippen molar-refractivity contribution in [3.8, 4) is 11.3 Å². The van der Waals surface area contributed by atoms with Crippen molar-refractivity contribution in [3.05, 3.63) is 75.6 Å². The first kappa shape index (κ1) is 24.1. The van der Waals surface area contributed by atoms with Crippen LogP contribution in [0.3, 0.4) is 0 Å². The number of halogens is 3. The van der Waals surface area contributed by atoms with Crippen molar-refractivity contribution in [2.75, 3.05) is 11.1 Å². The molecule has 0 unspecified atom stereocenters. The second kappa shape index (κ2) is 8.81. The number of carbonyl (C=O) groups excluding carboxylic acids is 1. The Morgan fingerprint density at radius 1 is 1.22 bits per heavy atom. The predicted molar refractivity (Wildman–Crippen MR) is 131 cm³/mol. The molecule has 4 aromatic rings. The number of thioether (sulfide) groups is 1. The molecule has 5 rings (SSSR count). The van der Waals surface area contributed by atoms with E-state index in [1.54, 1.807) is 0 Å². The molecule has 2 aromatic carbocycles. The first-order valence-electron chi connectivity index (χ1n) is 11.3. The molecule has 11 heteroatoms. The van der Waals surface area contributed by atoms with Gasteiger partial charge in [0.15, 0.2) is 5.16 Å². The molecule has 0 radical (unpaired) electrons. The Bertz CT molecular complexity index is 1540. The second-order valence-corrected chi connectivity index (χ2v) is 9.91. The molecule has 186 valence electrons. The molecular weight excluding hydrogens is 491 g/mol. The number of fused-ring (bicyclic) bond motifs is 4. The fourth-order valence-corrected chi connectivity index (χ4v) is 5.31. The van der Waals surface area contributed by atoms with Gasteiger partial charge >= 0.3 is 6.18 Å². The van der Waals surface area contributed by atoms with Gasteiger partial charge in [-0.1, -0.05) is 55.9 Å². The maximum atomic E-state index is 13.7. The number of H-pyrrole nitrogens is 1. The number of nitrogens with one attached hydrogen (secondary N) is 2. The Hall–Kier alpha value is -3.60. The van der Waals surface area contributed by atoms with E-state index in [1.807, 2.05) is 38.1 Å². The molecule has 0 saturated heterocycles. The van der Waals surface area contributed by atoms with Crippen molar-refractivity contribution >= 4 is 29.1 Å². The Kier molecular flexibility index (Phi) is 5.90. The van der Waals surface area contributed by atoms with E-state index in [-0.39, 0.29) is 27.9 Å². The van der Waals surface area contributed by atoms with Gasteiger partial charge in [0, 0.05) is 16.7 Å². The van der Waals surface area contributed by atoms with Crippen LogP contribution in [0.15, 0.2) is 58.5 Å². The molecule has 0 saturated carbocycles. The topological polar surface area (TPSA) is 92.2 Å². The lowest BCUT2D eigenvalue weighted by atomic mass is 9.69. The zero-order valence-corrected chi connectivity index (χ0v) is 20.3. The van der Waals surface area contributed by atoms with Gasteiger partial charge in [0.25, 0.3) is 5.56 Å². The van der Waals surface area contributed by atoms with Crippen LogP contribution < -0.4 is 10.9 Å². The van der Waals surface area contributed by atoms with Gasteiger partial charge in [-0.25, -0.2) is 14.5 Å². The quantitative estimate of drug-likeness (QED) is 0.364. The second-order valence-electron chi connectivity index (χ2n) is 8.97. The van der Waals surface area contributed by atoms with Gasteiger partial charge in [-0.3, -0.25) is 9.59 Å². The summed E-state index contributed by atoms with van der Waals surface area (Å²) < 4.78 is 40.2. The Morgan fingerprint density at radius 3 is 2.75 bits per heavy atom. The van der Waals surface area contributed by atoms with Crippen molar-refractivity contribution in [3.63, 3.8) is 0 Å². The van der Waals surface area contributed by atoms with E-state index < -0.39 is 23.1 Å². The fourth-order valence-electron chi connectivity index (χ4n) is 4.57. The molecule has 0 spiro atoms. The number of benzene rings is 2. The summed E-state index contributed by atoms with van der Waals surface area (Å²) in [5.74, 6) is -0.426. The molecule has 1 aliphatic carbocycles. The minimum atomic E-state index is -4.51. The molecule has 0 fully saturated rings. The third kappa shape index (κ3) is 4.17. The Labute approximate surface area is 208 Å². The molecule has 0 bridgehead atoms. The summed E-state index contributed by atoms with van der Waals surface area (Å²) >= 11 is 0.998. The minimum absolute atomic E-state index is 0.0348. The summed E-state index contributed by atoms with van der Waals surface area (Å²) in [6.45, 7) is 4.09. The highest BCUT2D eigenvalue weighted by atomic mass is 32.2. The number of aromatic amines is 1. The molecule has 2 aromatic heterocycles. The third-order valence-corrected chi connectivity index (χ3v) is 7.51. The van der Waals surface area contributed by atoms with Crippen molar-refractivity contribution in [2.24, 2.45) is 0 Å². The Balaban J connectivity index is 1.44. The predicted octanol–water partition coefficient (Wildman–Crippen LogP) is 5.06. The van der Waals surface area contributed by atoms with Crippen LogP contribution in [-0.4, -0.2) is 31.2 Å². The number of aromatic nitrogens is 4. The van der Waals surface area contributed by atoms with Gasteiger partial charge in [-0.05, 0) is 36.6 Å². The van der Waals surface area contributed by atoms with Crippen molar-refractivity contribution < 1.29 is 18.0 Å². The van der Waals surface area contributed by atoms with Gasteiger partial charge < -0.3 is 5.32 Å².